The Bertz CT molecular complexity index is 737. The summed E-state index contributed by atoms with van der Waals surface area (Å²) in [6.45, 7) is 4.34. The fourth-order valence-corrected chi connectivity index (χ4v) is 6.71. The summed E-state index contributed by atoms with van der Waals surface area (Å²) in [5, 5.41) is 0. The third kappa shape index (κ3) is 5.50. The first-order valence-electron chi connectivity index (χ1n) is 10.1. The Hall–Kier alpha value is -1.01. The number of rotatable bonds is 6. The SMILES string of the molecule is CC(C)c1ccc(SCC(=O)N(C2CCCCC2)C2CCS(=O)(=O)C2)cc1. The van der Waals surface area contributed by atoms with E-state index in [-0.39, 0.29) is 29.5 Å². The summed E-state index contributed by atoms with van der Waals surface area (Å²) in [6.07, 6.45) is 6.11. The molecule has 150 valence electrons. The van der Waals surface area contributed by atoms with Gasteiger partial charge in [0.1, 0.15) is 0 Å². The van der Waals surface area contributed by atoms with E-state index in [1.165, 1.54) is 12.0 Å². The minimum atomic E-state index is -2.99. The molecular formula is C21H31NO3S2. The van der Waals surface area contributed by atoms with Gasteiger partial charge in [-0.15, -0.1) is 11.8 Å². The zero-order chi connectivity index (χ0) is 19.4. The van der Waals surface area contributed by atoms with Crippen molar-refractivity contribution in [3.05, 3.63) is 29.8 Å². The van der Waals surface area contributed by atoms with E-state index in [4.69, 9.17) is 0 Å². The highest BCUT2D eigenvalue weighted by atomic mass is 32.2. The van der Waals surface area contributed by atoms with Gasteiger partial charge in [0, 0.05) is 17.0 Å². The summed E-state index contributed by atoms with van der Waals surface area (Å²) in [5.41, 5.74) is 1.30. The summed E-state index contributed by atoms with van der Waals surface area (Å²) < 4.78 is 23.9. The lowest BCUT2D eigenvalue weighted by atomic mass is 9.93. The molecule has 1 aromatic rings. The molecule has 1 atom stereocenters. The number of nitrogens with zero attached hydrogens (tertiary/aromatic N) is 1. The second-order valence-electron chi connectivity index (χ2n) is 8.16. The molecule has 0 aromatic heterocycles. The molecule has 6 heteroatoms. The minimum absolute atomic E-state index is 0.0990. The number of hydrogen-bond donors (Lipinski definition) is 0. The molecule has 4 nitrogen and oxygen atoms in total. The van der Waals surface area contributed by atoms with Gasteiger partial charge in [-0.2, -0.15) is 0 Å². The van der Waals surface area contributed by atoms with Crippen LogP contribution in [0.2, 0.25) is 0 Å². The van der Waals surface area contributed by atoms with Gasteiger partial charge in [-0.25, -0.2) is 8.42 Å². The van der Waals surface area contributed by atoms with E-state index in [1.807, 2.05) is 4.90 Å². The first-order valence-corrected chi connectivity index (χ1v) is 12.9. The normalized spacial score (nSPS) is 22.9. The van der Waals surface area contributed by atoms with Crippen LogP contribution in [0.3, 0.4) is 0 Å². The van der Waals surface area contributed by atoms with Crippen LogP contribution in [0.5, 0.6) is 0 Å². The number of carbonyl (C=O) groups is 1. The molecule has 27 heavy (non-hydrogen) atoms. The number of hydrogen-bond acceptors (Lipinski definition) is 4. The Morgan fingerprint density at radius 2 is 1.74 bits per heavy atom. The van der Waals surface area contributed by atoms with Crippen LogP contribution in [-0.2, 0) is 14.6 Å². The Kier molecular flexibility index (Phi) is 6.90. The van der Waals surface area contributed by atoms with Crippen molar-refractivity contribution >= 4 is 27.5 Å². The number of amides is 1. The van der Waals surface area contributed by atoms with Crippen LogP contribution in [0, 0.1) is 0 Å². The van der Waals surface area contributed by atoms with Crippen LogP contribution < -0.4 is 0 Å². The summed E-state index contributed by atoms with van der Waals surface area (Å²) in [5.74, 6) is 1.34. The van der Waals surface area contributed by atoms with Crippen molar-refractivity contribution < 1.29 is 13.2 Å². The first-order chi connectivity index (χ1) is 12.9. The van der Waals surface area contributed by atoms with E-state index in [1.54, 1.807) is 11.8 Å². The van der Waals surface area contributed by atoms with Crippen molar-refractivity contribution in [1.82, 2.24) is 4.90 Å². The highest BCUT2D eigenvalue weighted by molar-refractivity contribution is 8.00. The molecule has 1 aromatic carbocycles. The molecule has 1 unspecified atom stereocenters. The van der Waals surface area contributed by atoms with Gasteiger partial charge in [-0.05, 0) is 42.9 Å². The third-order valence-corrected chi connectivity index (χ3v) is 8.51. The molecule has 0 radical (unpaired) electrons. The molecule has 1 saturated heterocycles. The maximum atomic E-state index is 13.1. The summed E-state index contributed by atoms with van der Waals surface area (Å²) in [4.78, 5) is 16.1. The molecular weight excluding hydrogens is 378 g/mol. The van der Waals surface area contributed by atoms with Gasteiger partial charge in [0.05, 0.1) is 17.3 Å². The van der Waals surface area contributed by atoms with Crippen LogP contribution in [0.4, 0.5) is 0 Å². The van der Waals surface area contributed by atoms with Crippen LogP contribution in [0.15, 0.2) is 29.2 Å². The van der Waals surface area contributed by atoms with Crippen molar-refractivity contribution in [2.45, 2.75) is 75.3 Å². The quantitative estimate of drug-likeness (QED) is 0.659. The molecule has 3 rings (SSSR count). The van der Waals surface area contributed by atoms with E-state index in [0.717, 1.165) is 30.6 Å². The van der Waals surface area contributed by atoms with E-state index < -0.39 is 9.84 Å². The van der Waals surface area contributed by atoms with E-state index in [0.29, 0.717) is 18.1 Å². The lowest BCUT2D eigenvalue weighted by molar-refractivity contribution is -0.133. The highest BCUT2D eigenvalue weighted by Gasteiger charge is 2.38. The van der Waals surface area contributed by atoms with E-state index >= 15 is 0 Å². The fraction of sp³-hybridized carbons (Fsp3) is 0.667. The minimum Gasteiger partial charge on any atom is -0.335 e. The average molecular weight is 410 g/mol. The molecule has 0 N–H and O–H groups in total. The van der Waals surface area contributed by atoms with Crippen LogP contribution in [0.1, 0.15) is 63.9 Å². The second-order valence-corrected chi connectivity index (χ2v) is 11.4. The smallest absolute Gasteiger partial charge is 0.233 e. The lowest BCUT2D eigenvalue weighted by Crippen LogP contribution is -2.49. The maximum Gasteiger partial charge on any atom is 0.233 e. The Morgan fingerprint density at radius 1 is 1.07 bits per heavy atom. The maximum absolute atomic E-state index is 13.1. The van der Waals surface area contributed by atoms with Gasteiger partial charge in [0.2, 0.25) is 5.91 Å². The Balaban J connectivity index is 1.67. The zero-order valence-electron chi connectivity index (χ0n) is 16.4. The van der Waals surface area contributed by atoms with Gasteiger partial charge in [0.25, 0.3) is 0 Å². The van der Waals surface area contributed by atoms with E-state index in [2.05, 4.69) is 38.1 Å². The van der Waals surface area contributed by atoms with Crippen molar-refractivity contribution in [1.29, 1.82) is 0 Å². The van der Waals surface area contributed by atoms with Gasteiger partial charge >= 0.3 is 0 Å². The van der Waals surface area contributed by atoms with Crippen molar-refractivity contribution in [2.24, 2.45) is 0 Å². The van der Waals surface area contributed by atoms with Crippen LogP contribution in [0.25, 0.3) is 0 Å². The molecule has 0 spiro atoms. The molecule has 1 aliphatic carbocycles. The predicted octanol–water partition coefficient (Wildman–Crippen LogP) is 4.25. The molecule has 1 aliphatic heterocycles. The summed E-state index contributed by atoms with van der Waals surface area (Å²) >= 11 is 1.56. The molecule has 2 fully saturated rings. The molecule has 0 bridgehead atoms. The topological polar surface area (TPSA) is 54.5 Å². The molecule has 1 saturated carbocycles. The van der Waals surface area contributed by atoms with Crippen molar-refractivity contribution in [2.75, 3.05) is 17.3 Å². The number of sulfone groups is 1. The summed E-state index contributed by atoms with van der Waals surface area (Å²) in [7, 11) is -2.99. The highest BCUT2D eigenvalue weighted by Crippen LogP contribution is 2.30. The van der Waals surface area contributed by atoms with E-state index in [9.17, 15) is 13.2 Å². The molecule has 1 amide bonds. The summed E-state index contributed by atoms with van der Waals surface area (Å²) in [6, 6.07) is 8.50. The number of benzene rings is 1. The third-order valence-electron chi connectivity index (χ3n) is 5.77. The fourth-order valence-electron chi connectivity index (χ4n) is 4.23. The van der Waals surface area contributed by atoms with Gasteiger partial charge in [0.15, 0.2) is 9.84 Å². The van der Waals surface area contributed by atoms with Gasteiger partial charge in [-0.1, -0.05) is 45.2 Å². The number of thioether (sulfide) groups is 1. The van der Waals surface area contributed by atoms with Crippen LogP contribution >= 0.6 is 11.8 Å². The molecule has 1 heterocycles. The Labute approximate surface area is 168 Å². The standard InChI is InChI=1S/C21H31NO3S2/c1-16(2)17-8-10-20(11-9-17)26-14-21(23)22(18-6-4-3-5-7-18)19-12-13-27(24,25)15-19/h8-11,16,18-19H,3-7,12-15H2,1-2H3. The van der Waals surface area contributed by atoms with Crippen molar-refractivity contribution in [3.63, 3.8) is 0 Å². The van der Waals surface area contributed by atoms with Gasteiger partial charge < -0.3 is 4.90 Å². The predicted molar refractivity (Wildman–Crippen MR) is 112 cm³/mol. The monoisotopic (exact) mass is 409 g/mol. The second kappa shape index (κ2) is 8.99. The lowest BCUT2D eigenvalue weighted by Gasteiger charge is -2.38. The van der Waals surface area contributed by atoms with Crippen molar-refractivity contribution in [3.8, 4) is 0 Å². The van der Waals surface area contributed by atoms with Gasteiger partial charge in [-0.3, -0.25) is 4.79 Å². The Morgan fingerprint density at radius 3 is 2.30 bits per heavy atom. The average Bonchev–Trinajstić information content (AvgIpc) is 3.00. The zero-order valence-corrected chi connectivity index (χ0v) is 18.0. The largest absolute Gasteiger partial charge is 0.335 e. The van der Waals surface area contributed by atoms with Crippen LogP contribution in [-0.4, -0.2) is 48.6 Å². The molecule has 2 aliphatic rings. The number of carbonyl (C=O) groups excluding carboxylic acids is 1. The first kappa shape index (κ1) is 20.7.